The van der Waals surface area contributed by atoms with E-state index in [4.69, 9.17) is 5.73 Å². The molecule has 23 heavy (non-hydrogen) atoms. The number of rotatable bonds is 5. The van der Waals surface area contributed by atoms with Crippen LogP contribution < -0.4 is 11.1 Å². The third-order valence-corrected chi connectivity index (χ3v) is 4.23. The van der Waals surface area contributed by atoms with Crippen molar-refractivity contribution in [2.45, 2.75) is 58.3 Å². The fourth-order valence-corrected chi connectivity index (χ4v) is 2.74. The summed E-state index contributed by atoms with van der Waals surface area (Å²) < 4.78 is 0. The van der Waals surface area contributed by atoms with Gasteiger partial charge in [0.05, 0.1) is 6.04 Å². The van der Waals surface area contributed by atoms with Crippen LogP contribution in [0, 0.1) is 0 Å². The molecule has 0 bridgehead atoms. The van der Waals surface area contributed by atoms with Crippen molar-refractivity contribution in [3.63, 3.8) is 0 Å². The monoisotopic (exact) mass is 361 g/mol. The summed E-state index contributed by atoms with van der Waals surface area (Å²) >= 11 is 0. The average molecular weight is 362 g/mol. The highest BCUT2D eigenvalue weighted by Gasteiger charge is 2.17. The number of hydrogen-bond acceptors (Lipinski definition) is 3. The number of halogens is 2. The molecule has 0 radical (unpaired) electrons. The summed E-state index contributed by atoms with van der Waals surface area (Å²) in [4.78, 5) is 14.0. The molecule has 132 valence electrons. The number of nitrogens with zero attached hydrogens (tertiary/aromatic N) is 1. The quantitative estimate of drug-likeness (QED) is 0.847. The molecule has 1 amide bonds. The molecule has 1 saturated heterocycles. The van der Waals surface area contributed by atoms with Crippen LogP contribution in [-0.2, 0) is 17.9 Å². The molecule has 2 atom stereocenters. The number of benzene rings is 1. The Hall–Kier alpha value is -0.810. The van der Waals surface area contributed by atoms with E-state index in [1.165, 1.54) is 31.4 Å². The minimum absolute atomic E-state index is 0. The van der Waals surface area contributed by atoms with Gasteiger partial charge in [-0.15, -0.1) is 24.8 Å². The Balaban J connectivity index is 0.00000242. The van der Waals surface area contributed by atoms with Gasteiger partial charge >= 0.3 is 0 Å². The second-order valence-corrected chi connectivity index (χ2v) is 6.14. The van der Waals surface area contributed by atoms with Gasteiger partial charge in [-0.1, -0.05) is 30.7 Å². The van der Waals surface area contributed by atoms with Crippen LogP contribution in [0.4, 0.5) is 0 Å². The van der Waals surface area contributed by atoms with Crippen LogP contribution in [-0.4, -0.2) is 29.4 Å². The Morgan fingerprint density at radius 2 is 1.87 bits per heavy atom. The minimum atomic E-state index is -0.454. The van der Waals surface area contributed by atoms with E-state index in [-0.39, 0.29) is 30.7 Å². The molecule has 0 aromatic heterocycles. The van der Waals surface area contributed by atoms with Crippen molar-refractivity contribution >= 4 is 30.7 Å². The summed E-state index contributed by atoms with van der Waals surface area (Å²) in [6, 6.07) is 8.73. The van der Waals surface area contributed by atoms with E-state index in [1.807, 2.05) is 0 Å². The van der Waals surface area contributed by atoms with Crippen molar-refractivity contribution in [3.8, 4) is 0 Å². The summed E-state index contributed by atoms with van der Waals surface area (Å²) in [7, 11) is 0. The Morgan fingerprint density at radius 1 is 1.26 bits per heavy atom. The summed E-state index contributed by atoms with van der Waals surface area (Å²) in [6.45, 7) is 6.77. The molecule has 0 aliphatic carbocycles. The molecule has 0 saturated carbocycles. The zero-order valence-corrected chi connectivity index (χ0v) is 15.6. The Morgan fingerprint density at radius 3 is 2.43 bits per heavy atom. The highest BCUT2D eigenvalue weighted by molar-refractivity contribution is 5.85. The second-order valence-electron chi connectivity index (χ2n) is 6.14. The number of nitrogens with one attached hydrogen (secondary N) is 1. The Kier molecular flexibility index (Phi) is 10.5. The number of carbonyl (C=O) groups is 1. The lowest BCUT2D eigenvalue weighted by Gasteiger charge is -2.33. The normalized spacial score (nSPS) is 19.2. The van der Waals surface area contributed by atoms with Gasteiger partial charge < -0.3 is 11.1 Å². The van der Waals surface area contributed by atoms with Gasteiger partial charge in [-0.2, -0.15) is 0 Å². The van der Waals surface area contributed by atoms with E-state index in [1.54, 1.807) is 6.92 Å². The van der Waals surface area contributed by atoms with Crippen LogP contribution in [0.1, 0.15) is 44.2 Å². The largest absolute Gasteiger partial charge is 0.351 e. The van der Waals surface area contributed by atoms with Crippen molar-refractivity contribution in [2.75, 3.05) is 6.54 Å². The minimum Gasteiger partial charge on any atom is -0.351 e. The van der Waals surface area contributed by atoms with Crippen LogP contribution in [0.25, 0.3) is 0 Å². The topological polar surface area (TPSA) is 58.4 Å². The zero-order chi connectivity index (χ0) is 15.2. The van der Waals surface area contributed by atoms with Gasteiger partial charge in [0, 0.05) is 19.1 Å². The third-order valence-electron chi connectivity index (χ3n) is 4.23. The maximum Gasteiger partial charge on any atom is 0.236 e. The molecule has 1 aromatic carbocycles. The van der Waals surface area contributed by atoms with Gasteiger partial charge in [-0.25, -0.2) is 0 Å². The standard InChI is InChI=1S/C17H27N3O.2ClH/c1-13-5-3-4-10-20(13)12-16-8-6-15(7-9-16)11-19-17(21)14(2)18;;/h6-9,13-14H,3-5,10-12,18H2,1-2H3,(H,19,21);2*1H/t13?,14-;;/m1../s1. The molecule has 1 aromatic rings. The van der Waals surface area contributed by atoms with Crippen LogP contribution in [0.2, 0.25) is 0 Å². The van der Waals surface area contributed by atoms with Gasteiger partial charge in [0.1, 0.15) is 0 Å². The lowest BCUT2D eigenvalue weighted by Crippen LogP contribution is -2.37. The first-order valence-electron chi connectivity index (χ1n) is 7.91. The molecule has 0 spiro atoms. The molecule has 1 unspecified atom stereocenters. The number of nitrogens with two attached hydrogens (primary N) is 1. The number of carbonyl (C=O) groups excluding carboxylic acids is 1. The molecule has 4 nitrogen and oxygen atoms in total. The van der Waals surface area contributed by atoms with Gasteiger partial charge in [0.2, 0.25) is 5.91 Å². The summed E-state index contributed by atoms with van der Waals surface area (Å²) in [5.41, 5.74) is 7.97. The molecule has 6 heteroatoms. The molecule has 2 rings (SSSR count). The summed E-state index contributed by atoms with van der Waals surface area (Å²) in [6.07, 6.45) is 3.98. The van der Waals surface area contributed by atoms with Crippen LogP contribution in [0.15, 0.2) is 24.3 Å². The molecular formula is C17H29Cl2N3O. The van der Waals surface area contributed by atoms with Gasteiger partial charge in [0.25, 0.3) is 0 Å². The maximum atomic E-state index is 11.4. The first kappa shape index (κ1) is 22.2. The molecule has 1 aliphatic rings. The SMILES string of the molecule is CC1CCCCN1Cc1ccc(CNC(=O)[C@@H](C)N)cc1.Cl.Cl. The summed E-state index contributed by atoms with van der Waals surface area (Å²) in [5, 5.41) is 2.83. The molecular weight excluding hydrogens is 333 g/mol. The van der Waals surface area contributed by atoms with Crippen molar-refractivity contribution in [1.82, 2.24) is 10.2 Å². The van der Waals surface area contributed by atoms with E-state index < -0.39 is 6.04 Å². The number of amides is 1. The number of likely N-dealkylation sites (tertiary alicyclic amines) is 1. The first-order chi connectivity index (χ1) is 10.1. The fraction of sp³-hybridized carbons (Fsp3) is 0.588. The molecule has 3 N–H and O–H groups in total. The predicted octanol–water partition coefficient (Wildman–Crippen LogP) is 2.87. The average Bonchev–Trinajstić information content (AvgIpc) is 2.48. The van der Waals surface area contributed by atoms with Crippen molar-refractivity contribution in [2.24, 2.45) is 5.73 Å². The van der Waals surface area contributed by atoms with Crippen LogP contribution >= 0.6 is 24.8 Å². The Bertz CT molecular complexity index is 465. The van der Waals surface area contributed by atoms with Crippen molar-refractivity contribution in [3.05, 3.63) is 35.4 Å². The molecule has 1 heterocycles. The lowest BCUT2D eigenvalue weighted by molar-refractivity contribution is -0.122. The van der Waals surface area contributed by atoms with Crippen LogP contribution in [0.5, 0.6) is 0 Å². The van der Waals surface area contributed by atoms with E-state index in [2.05, 4.69) is 41.4 Å². The van der Waals surface area contributed by atoms with Gasteiger partial charge in [-0.05, 0) is 44.4 Å². The smallest absolute Gasteiger partial charge is 0.236 e. The summed E-state index contributed by atoms with van der Waals surface area (Å²) in [5.74, 6) is -0.110. The molecule has 1 aliphatic heterocycles. The van der Waals surface area contributed by atoms with Gasteiger partial charge in [0.15, 0.2) is 0 Å². The van der Waals surface area contributed by atoms with E-state index in [9.17, 15) is 4.79 Å². The first-order valence-corrected chi connectivity index (χ1v) is 7.91. The highest BCUT2D eigenvalue weighted by Crippen LogP contribution is 2.19. The Labute approximate surface area is 152 Å². The maximum absolute atomic E-state index is 11.4. The van der Waals surface area contributed by atoms with Crippen molar-refractivity contribution < 1.29 is 4.79 Å². The second kappa shape index (κ2) is 10.9. The van der Waals surface area contributed by atoms with E-state index in [0.29, 0.717) is 12.6 Å². The van der Waals surface area contributed by atoms with Crippen LogP contribution in [0.3, 0.4) is 0 Å². The number of piperidine rings is 1. The van der Waals surface area contributed by atoms with E-state index >= 15 is 0 Å². The van der Waals surface area contributed by atoms with Crippen molar-refractivity contribution in [1.29, 1.82) is 0 Å². The number of hydrogen-bond donors (Lipinski definition) is 2. The van der Waals surface area contributed by atoms with E-state index in [0.717, 1.165) is 12.1 Å². The predicted molar refractivity (Wildman–Crippen MR) is 100 cm³/mol. The lowest BCUT2D eigenvalue weighted by atomic mass is 10.0. The molecule has 1 fully saturated rings. The van der Waals surface area contributed by atoms with Gasteiger partial charge in [-0.3, -0.25) is 9.69 Å². The fourth-order valence-electron chi connectivity index (χ4n) is 2.74. The highest BCUT2D eigenvalue weighted by atomic mass is 35.5. The third kappa shape index (κ3) is 7.08. The zero-order valence-electron chi connectivity index (χ0n) is 14.0.